The van der Waals surface area contributed by atoms with E-state index in [0.717, 1.165) is 13.1 Å². The number of hydroxylamine groups is 1. The van der Waals surface area contributed by atoms with Gasteiger partial charge in [0.25, 0.3) is 0 Å². The highest BCUT2D eigenvalue weighted by Gasteiger charge is 2.13. The van der Waals surface area contributed by atoms with Crippen LogP contribution in [0.4, 0.5) is 0 Å². The molecule has 76 valence electrons. The lowest BCUT2D eigenvalue weighted by Gasteiger charge is -2.22. The number of carbonyl (C=O) groups is 1. The van der Waals surface area contributed by atoms with E-state index in [2.05, 4.69) is 10.8 Å². The van der Waals surface area contributed by atoms with Gasteiger partial charge in [-0.1, -0.05) is 6.92 Å². The van der Waals surface area contributed by atoms with Gasteiger partial charge >= 0.3 is 0 Å². The molecule has 1 unspecified atom stereocenters. The zero-order valence-electron chi connectivity index (χ0n) is 8.14. The fraction of sp³-hybridized carbons (Fsp3) is 0.889. The molecule has 1 rings (SSSR count). The zero-order chi connectivity index (χ0) is 9.52. The molecular weight excluding hydrogens is 168 g/mol. The summed E-state index contributed by atoms with van der Waals surface area (Å²) in [6, 6.07) is 0. The molecule has 1 amide bonds. The Kier molecular flexibility index (Phi) is 4.78. The molecular formula is C9H18N2O2. The molecule has 0 aromatic carbocycles. The quantitative estimate of drug-likeness (QED) is 0.626. The van der Waals surface area contributed by atoms with Crippen molar-refractivity contribution in [1.29, 1.82) is 0 Å². The summed E-state index contributed by atoms with van der Waals surface area (Å²) in [5, 5.41) is 3.29. The highest BCUT2D eigenvalue weighted by molar-refractivity contribution is 5.74. The monoisotopic (exact) mass is 186 g/mol. The van der Waals surface area contributed by atoms with Crippen LogP contribution in [0.5, 0.6) is 0 Å². The smallest absolute Gasteiger partial charge is 0.243 e. The van der Waals surface area contributed by atoms with Gasteiger partial charge in [0.2, 0.25) is 5.91 Å². The Balaban J connectivity index is 2.01. The molecule has 4 nitrogen and oxygen atoms in total. The average Bonchev–Trinajstić information content (AvgIpc) is 2.19. The molecule has 0 aromatic heterocycles. The van der Waals surface area contributed by atoms with Crippen molar-refractivity contribution in [2.45, 2.75) is 26.2 Å². The minimum Gasteiger partial charge on any atom is -0.316 e. The molecule has 0 aliphatic carbocycles. The maximum atomic E-state index is 10.8. The molecule has 0 saturated carbocycles. The molecule has 1 fully saturated rings. The van der Waals surface area contributed by atoms with Crippen LogP contribution in [0.15, 0.2) is 0 Å². The maximum absolute atomic E-state index is 10.8. The van der Waals surface area contributed by atoms with Crippen LogP contribution in [-0.2, 0) is 9.63 Å². The van der Waals surface area contributed by atoms with Crippen LogP contribution in [-0.4, -0.2) is 25.6 Å². The minimum atomic E-state index is -0.0521. The Labute approximate surface area is 79.0 Å². The second kappa shape index (κ2) is 5.94. The molecule has 1 heterocycles. The van der Waals surface area contributed by atoms with Gasteiger partial charge in [-0.25, -0.2) is 5.48 Å². The normalized spacial score (nSPS) is 22.7. The third-order valence-corrected chi connectivity index (χ3v) is 2.23. The molecule has 1 saturated heterocycles. The van der Waals surface area contributed by atoms with Crippen molar-refractivity contribution < 1.29 is 9.63 Å². The van der Waals surface area contributed by atoms with Gasteiger partial charge in [-0.05, 0) is 25.3 Å². The highest BCUT2D eigenvalue weighted by atomic mass is 16.6. The Morgan fingerprint density at radius 3 is 3.15 bits per heavy atom. The molecule has 1 aliphatic heterocycles. The first kappa shape index (κ1) is 10.5. The van der Waals surface area contributed by atoms with Gasteiger partial charge in [0, 0.05) is 13.0 Å². The summed E-state index contributed by atoms with van der Waals surface area (Å²) in [5.41, 5.74) is 2.41. The molecule has 0 radical (unpaired) electrons. The van der Waals surface area contributed by atoms with Gasteiger partial charge in [-0.15, -0.1) is 0 Å². The van der Waals surface area contributed by atoms with E-state index < -0.39 is 0 Å². The van der Waals surface area contributed by atoms with E-state index in [9.17, 15) is 4.79 Å². The highest BCUT2D eigenvalue weighted by Crippen LogP contribution is 2.09. The van der Waals surface area contributed by atoms with E-state index >= 15 is 0 Å². The minimum absolute atomic E-state index is 0.0521. The number of nitrogens with one attached hydrogen (secondary N) is 2. The Bertz CT molecular complexity index is 156. The predicted molar refractivity (Wildman–Crippen MR) is 50.0 cm³/mol. The molecule has 13 heavy (non-hydrogen) atoms. The van der Waals surface area contributed by atoms with E-state index in [1.807, 2.05) is 0 Å². The first-order valence-corrected chi connectivity index (χ1v) is 4.94. The van der Waals surface area contributed by atoms with Crippen molar-refractivity contribution in [3.63, 3.8) is 0 Å². The van der Waals surface area contributed by atoms with Gasteiger partial charge in [-0.3, -0.25) is 9.63 Å². The van der Waals surface area contributed by atoms with Crippen molar-refractivity contribution in [3.8, 4) is 0 Å². The lowest BCUT2D eigenvalue weighted by Crippen LogP contribution is -2.34. The Morgan fingerprint density at radius 1 is 1.69 bits per heavy atom. The second-order valence-corrected chi connectivity index (χ2v) is 3.40. The number of carbonyl (C=O) groups excluding carboxylic acids is 1. The summed E-state index contributed by atoms with van der Waals surface area (Å²) in [6.07, 6.45) is 2.87. The summed E-state index contributed by atoms with van der Waals surface area (Å²) in [7, 11) is 0. The number of hydrogen-bond donors (Lipinski definition) is 2. The zero-order valence-corrected chi connectivity index (χ0v) is 8.14. The number of hydrogen-bond acceptors (Lipinski definition) is 3. The molecule has 4 heteroatoms. The molecule has 2 N–H and O–H groups in total. The lowest BCUT2D eigenvalue weighted by molar-refractivity contribution is -0.134. The third kappa shape index (κ3) is 4.24. The van der Waals surface area contributed by atoms with Crippen molar-refractivity contribution in [3.05, 3.63) is 0 Å². The number of rotatable bonds is 4. The maximum Gasteiger partial charge on any atom is 0.243 e. The summed E-state index contributed by atoms with van der Waals surface area (Å²) in [6.45, 7) is 4.54. The van der Waals surface area contributed by atoms with Crippen LogP contribution < -0.4 is 10.8 Å². The SMILES string of the molecule is CCC(=O)NOCC1CCCNC1. The Morgan fingerprint density at radius 2 is 2.54 bits per heavy atom. The largest absolute Gasteiger partial charge is 0.316 e. The molecule has 1 atom stereocenters. The summed E-state index contributed by atoms with van der Waals surface area (Å²) in [4.78, 5) is 15.9. The van der Waals surface area contributed by atoms with Crippen LogP contribution >= 0.6 is 0 Å². The summed E-state index contributed by atoms with van der Waals surface area (Å²) < 4.78 is 0. The Hall–Kier alpha value is -0.610. The van der Waals surface area contributed by atoms with E-state index in [1.54, 1.807) is 6.92 Å². The van der Waals surface area contributed by atoms with Crippen LogP contribution in [0.2, 0.25) is 0 Å². The summed E-state index contributed by atoms with van der Waals surface area (Å²) in [5.74, 6) is 0.495. The van der Waals surface area contributed by atoms with Crippen molar-refractivity contribution in [2.24, 2.45) is 5.92 Å². The molecule has 0 spiro atoms. The van der Waals surface area contributed by atoms with Gasteiger partial charge in [0.05, 0.1) is 6.61 Å². The van der Waals surface area contributed by atoms with Gasteiger partial charge in [-0.2, -0.15) is 0 Å². The van der Waals surface area contributed by atoms with Crippen LogP contribution in [0.1, 0.15) is 26.2 Å². The first-order chi connectivity index (χ1) is 6.33. The van der Waals surface area contributed by atoms with Crippen LogP contribution in [0.3, 0.4) is 0 Å². The van der Waals surface area contributed by atoms with Gasteiger partial charge in [0.15, 0.2) is 0 Å². The van der Waals surface area contributed by atoms with Crippen molar-refractivity contribution in [2.75, 3.05) is 19.7 Å². The van der Waals surface area contributed by atoms with E-state index in [4.69, 9.17) is 4.84 Å². The van der Waals surface area contributed by atoms with Crippen LogP contribution in [0, 0.1) is 5.92 Å². The van der Waals surface area contributed by atoms with E-state index in [1.165, 1.54) is 12.8 Å². The standard InChI is InChI=1S/C9H18N2O2/c1-2-9(12)11-13-7-8-4-3-5-10-6-8/h8,10H,2-7H2,1H3,(H,11,12). The first-order valence-electron chi connectivity index (χ1n) is 4.94. The van der Waals surface area contributed by atoms with Gasteiger partial charge in [0.1, 0.15) is 0 Å². The molecule has 0 aromatic rings. The fourth-order valence-corrected chi connectivity index (χ4v) is 1.38. The van der Waals surface area contributed by atoms with E-state index in [-0.39, 0.29) is 5.91 Å². The lowest BCUT2D eigenvalue weighted by atomic mass is 10.0. The average molecular weight is 186 g/mol. The van der Waals surface area contributed by atoms with Gasteiger partial charge < -0.3 is 5.32 Å². The summed E-state index contributed by atoms with van der Waals surface area (Å²) >= 11 is 0. The third-order valence-electron chi connectivity index (χ3n) is 2.23. The molecule has 1 aliphatic rings. The fourth-order valence-electron chi connectivity index (χ4n) is 1.38. The topological polar surface area (TPSA) is 50.4 Å². The van der Waals surface area contributed by atoms with E-state index in [0.29, 0.717) is 18.9 Å². The van der Waals surface area contributed by atoms with Crippen molar-refractivity contribution in [1.82, 2.24) is 10.8 Å². The second-order valence-electron chi connectivity index (χ2n) is 3.40. The van der Waals surface area contributed by atoms with Crippen LogP contribution in [0.25, 0.3) is 0 Å². The molecule has 0 bridgehead atoms. The van der Waals surface area contributed by atoms with Crippen molar-refractivity contribution >= 4 is 5.91 Å². The number of piperidine rings is 1. The number of amides is 1. The predicted octanol–water partition coefficient (Wildman–Crippen LogP) is 0.444.